The molecule has 1 heterocycles. The van der Waals surface area contributed by atoms with E-state index in [1.165, 1.54) is 12.5 Å². The molecule has 1 aromatic rings. The van der Waals surface area contributed by atoms with Crippen molar-refractivity contribution >= 4 is 16.0 Å². The Labute approximate surface area is 99.3 Å². The molecule has 96 valence electrons. The van der Waals surface area contributed by atoms with Crippen LogP contribution in [0.25, 0.3) is 0 Å². The molecule has 0 aliphatic rings. The zero-order valence-electron chi connectivity index (χ0n) is 9.54. The number of hydrogen-bond acceptors (Lipinski definition) is 4. The molecule has 1 aromatic heterocycles. The van der Waals surface area contributed by atoms with Crippen LogP contribution in [0, 0.1) is 5.92 Å². The number of carboxylic acid groups (broad SMARTS) is 1. The monoisotopic (exact) mass is 261 g/mol. The van der Waals surface area contributed by atoms with Crippen molar-refractivity contribution in [3.05, 3.63) is 12.5 Å². The van der Waals surface area contributed by atoms with Gasteiger partial charge >= 0.3 is 5.97 Å². The molecule has 0 radical (unpaired) electrons. The molecule has 3 N–H and O–H groups in total. The van der Waals surface area contributed by atoms with Gasteiger partial charge in [-0.3, -0.25) is 4.79 Å². The number of imidazole rings is 1. The molecule has 17 heavy (non-hydrogen) atoms. The van der Waals surface area contributed by atoms with Gasteiger partial charge in [-0.25, -0.2) is 18.1 Å². The number of aromatic amines is 1. The fraction of sp³-hybridized carbons (Fsp3) is 0.556. The van der Waals surface area contributed by atoms with E-state index in [0.29, 0.717) is 0 Å². The van der Waals surface area contributed by atoms with Crippen LogP contribution < -0.4 is 4.72 Å². The number of sulfonamides is 1. The summed E-state index contributed by atoms with van der Waals surface area (Å²) >= 11 is 0. The fourth-order valence-corrected chi connectivity index (χ4v) is 2.54. The first-order valence-corrected chi connectivity index (χ1v) is 6.53. The highest BCUT2D eigenvalue weighted by molar-refractivity contribution is 7.89. The van der Waals surface area contributed by atoms with Crippen LogP contribution in [-0.2, 0) is 14.8 Å². The van der Waals surface area contributed by atoms with Crippen molar-refractivity contribution in [2.24, 2.45) is 5.92 Å². The number of hydrogen-bond donors (Lipinski definition) is 3. The number of H-pyrrole nitrogens is 1. The van der Waals surface area contributed by atoms with E-state index in [1.807, 2.05) is 0 Å². The Morgan fingerprint density at radius 1 is 1.59 bits per heavy atom. The van der Waals surface area contributed by atoms with Crippen LogP contribution >= 0.6 is 0 Å². The molecule has 0 spiro atoms. The molecule has 0 fully saturated rings. The second kappa shape index (κ2) is 5.28. The predicted octanol–water partition coefficient (Wildman–Crippen LogP) is 0.187. The van der Waals surface area contributed by atoms with Crippen LogP contribution in [0.5, 0.6) is 0 Å². The Balaban J connectivity index is 2.84. The number of carboxylic acids is 1. The molecule has 0 bridgehead atoms. The number of aromatic nitrogens is 2. The molecule has 1 atom stereocenters. The first kappa shape index (κ1) is 13.7. The lowest BCUT2D eigenvalue weighted by Gasteiger charge is -2.19. The zero-order chi connectivity index (χ0) is 13.1. The Morgan fingerprint density at radius 2 is 2.24 bits per heavy atom. The number of carbonyl (C=O) groups is 1. The third kappa shape index (κ3) is 3.82. The summed E-state index contributed by atoms with van der Waals surface area (Å²) < 4.78 is 26.0. The highest BCUT2D eigenvalue weighted by Gasteiger charge is 2.25. The van der Waals surface area contributed by atoms with E-state index in [4.69, 9.17) is 5.11 Å². The molecule has 1 unspecified atom stereocenters. The molecule has 8 heteroatoms. The second-order valence-corrected chi connectivity index (χ2v) is 5.67. The minimum atomic E-state index is -3.74. The van der Waals surface area contributed by atoms with Gasteiger partial charge < -0.3 is 10.1 Å². The van der Waals surface area contributed by atoms with E-state index in [-0.39, 0.29) is 17.4 Å². The summed E-state index contributed by atoms with van der Waals surface area (Å²) in [7, 11) is -3.74. The van der Waals surface area contributed by atoms with Crippen molar-refractivity contribution < 1.29 is 18.3 Å². The van der Waals surface area contributed by atoms with Crippen molar-refractivity contribution in [1.82, 2.24) is 14.7 Å². The Bertz CT molecular complexity index is 466. The van der Waals surface area contributed by atoms with E-state index < -0.39 is 22.0 Å². The molecular weight excluding hydrogens is 246 g/mol. The summed E-state index contributed by atoms with van der Waals surface area (Å²) in [6.07, 6.45) is 2.15. The van der Waals surface area contributed by atoms with Gasteiger partial charge in [0.2, 0.25) is 0 Å². The van der Waals surface area contributed by atoms with Crippen molar-refractivity contribution in [2.75, 3.05) is 0 Å². The van der Waals surface area contributed by atoms with Crippen molar-refractivity contribution in [3.8, 4) is 0 Å². The topological polar surface area (TPSA) is 112 Å². The lowest BCUT2D eigenvalue weighted by Crippen LogP contribution is -2.40. The predicted molar refractivity (Wildman–Crippen MR) is 59.8 cm³/mol. The average molecular weight is 261 g/mol. The van der Waals surface area contributed by atoms with Crippen LogP contribution in [0.3, 0.4) is 0 Å². The quantitative estimate of drug-likeness (QED) is 0.676. The smallest absolute Gasteiger partial charge is 0.304 e. The van der Waals surface area contributed by atoms with Gasteiger partial charge in [0.25, 0.3) is 10.0 Å². The molecule has 1 rings (SSSR count). The Morgan fingerprint density at radius 3 is 2.65 bits per heavy atom. The molecule has 0 saturated heterocycles. The van der Waals surface area contributed by atoms with Crippen LogP contribution in [0.2, 0.25) is 0 Å². The maximum Gasteiger partial charge on any atom is 0.304 e. The Kier molecular flexibility index (Phi) is 4.24. The van der Waals surface area contributed by atoms with E-state index in [9.17, 15) is 13.2 Å². The van der Waals surface area contributed by atoms with Gasteiger partial charge in [0.05, 0.1) is 18.9 Å². The van der Waals surface area contributed by atoms with Gasteiger partial charge in [0.15, 0.2) is 5.03 Å². The van der Waals surface area contributed by atoms with Gasteiger partial charge in [-0.2, -0.15) is 0 Å². The number of rotatable bonds is 6. The van der Waals surface area contributed by atoms with Crippen molar-refractivity contribution in [2.45, 2.75) is 31.3 Å². The first-order valence-electron chi connectivity index (χ1n) is 5.05. The van der Waals surface area contributed by atoms with Gasteiger partial charge in [0, 0.05) is 6.04 Å². The molecular formula is C9H15N3O4S. The minimum absolute atomic E-state index is 0.0754. The van der Waals surface area contributed by atoms with Crippen LogP contribution in [0.15, 0.2) is 17.6 Å². The largest absolute Gasteiger partial charge is 0.481 e. The zero-order valence-corrected chi connectivity index (χ0v) is 10.4. The summed E-state index contributed by atoms with van der Waals surface area (Å²) in [5, 5.41) is 8.63. The highest BCUT2D eigenvalue weighted by atomic mass is 32.2. The molecule has 0 amide bonds. The average Bonchev–Trinajstić information content (AvgIpc) is 2.68. The highest BCUT2D eigenvalue weighted by Crippen LogP contribution is 2.11. The van der Waals surface area contributed by atoms with Crippen LogP contribution in [0.1, 0.15) is 20.3 Å². The first-order chi connectivity index (χ1) is 7.83. The third-order valence-electron chi connectivity index (χ3n) is 2.27. The van der Waals surface area contributed by atoms with E-state index in [2.05, 4.69) is 14.7 Å². The molecule has 0 aromatic carbocycles. The lowest BCUT2D eigenvalue weighted by molar-refractivity contribution is -0.137. The Hall–Kier alpha value is -1.41. The maximum absolute atomic E-state index is 11.8. The van der Waals surface area contributed by atoms with Gasteiger partial charge in [-0.15, -0.1) is 0 Å². The lowest BCUT2D eigenvalue weighted by atomic mass is 10.0. The van der Waals surface area contributed by atoms with Crippen molar-refractivity contribution in [3.63, 3.8) is 0 Å². The minimum Gasteiger partial charge on any atom is -0.481 e. The summed E-state index contributed by atoms with van der Waals surface area (Å²) in [6.45, 7) is 3.51. The number of aliphatic carboxylic acids is 1. The molecule has 0 aliphatic carbocycles. The molecule has 0 saturated carbocycles. The fourth-order valence-electron chi connectivity index (χ4n) is 1.25. The van der Waals surface area contributed by atoms with Gasteiger partial charge in [0.1, 0.15) is 0 Å². The summed E-state index contributed by atoms with van der Waals surface area (Å²) in [5.41, 5.74) is 0. The standard InChI is InChI=1S/C9H15N3O4S/c1-6(2)7(3-9(13)14)12-17(15,16)8-4-10-5-11-8/h4-7,12H,3H2,1-2H3,(H,10,11)(H,13,14). The second-order valence-electron chi connectivity index (χ2n) is 3.99. The van der Waals surface area contributed by atoms with Crippen LogP contribution in [-0.4, -0.2) is 35.5 Å². The number of nitrogens with one attached hydrogen (secondary N) is 2. The maximum atomic E-state index is 11.8. The third-order valence-corrected chi connectivity index (χ3v) is 3.68. The normalized spacial score (nSPS) is 13.8. The summed E-state index contributed by atoms with van der Waals surface area (Å²) in [6, 6.07) is -0.652. The summed E-state index contributed by atoms with van der Waals surface area (Å²) in [5.74, 6) is -1.17. The van der Waals surface area contributed by atoms with E-state index >= 15 is 0 Å². The van der Waals surface area contributed by atoms with E-state index in [0.717, 1.165) is 0 Å². The van der Waals surface area contributed by atoms with Gasteiger partial charge in [-0.1, -0.05) is 13.8 Å². The van der Waals surface area contributed by atoms with E-state index in [1.54, 1.807) is 13.8 Å². The van der Waals surface area contributed by atoms with Crippen molar-refractivity contribution in [1.29, 1.82) is 0 Å². The SMILES string of the molecule is CC(C)C(CC(=O)O)NS(=O)(=O)c1cnc[nH]1. The summed E-state index contributed by atoms with van der Waals surface area (Å²) in [4.78, 5) is 16.7. The molecule has 0 aliphatic heterocycles. The molecule has 7 nitrogen and oxygen atoms in total. The van der Waals surface area contributed by atoms with Crippen LogP contribution in [0.4, 0.5) is 0 Å². The number of nitrogens with zero attached hydrogens (tertiary/aromatic N) is 1. The van der Waals surface area contributed by atoms with Gasteiger partial charge in [-0.05, 0) is 5.92 Å².